The standard InChI is InChI=1S/C16H22N2O/c1-4-10-17-12(3)16-18-11-15(19-16)14-9-7-6-8-13(14)5-2/h6-9,11-12,17H,4-5,10H2,1-3H3. The van der Waals surface area contributed by atoms with Crippen LogP contribution in [0.5, 0.6) is 0 Å². The molecule has 1 heterocycles. The molecule has 3 nitrogen and oxygen atoms in total. The van der Waals surface area contributed by atoms with Crippen LogP contribution in [0.25, 0.3) is 11.3 Å². The number of nitrogens with one attached hydrogen (secondary N) is 1. The first kappa shape index (κ1) is 13.8. The summed E-state index contributed by atoms with van der Waals surface area (Å²) in [6.45, 7) is 7.36. The highest BCUT2D eigenvalue weighted by Gasteiger charge is 2.13. The number of hydrogen-bond acceptors (Lipinski definition) is 3. The predicted octanol–water partition coefficient (Wildman–Crippen LogP) is 3.96. The van der Waals surface area contributed by atoms with Crippen molar-refractivity contribution in [1.29, 1.82) is 0 Å². The topological polar surface area (TPSA) is 38.1 Å². The second-order valence-electron chi connectivity index (χ2n) is 4.75. The molecule has 1 atom stereocenters. The Bertz CT molecular complexity index is 519. The van der Waals surface area contributed by atoms with Crippen LogP contribution in [-0.4, -0.2) is 11.5 Å². The molecule has 0 aliphatic heterocycles. The fourth-order valence-corrected chi connectivity index (χ4v) is 2.13. The minimum Gasteiger partial charge on any atom is -0.439 e. The molecule has 0 aliphatic carbocycles. The van der Waals surface area contributed by atoms with Crippen molar-refractivity contribution >= 4 is 0 Å². The third-order valence-electron chi connectivity index (χ3n) is 3.26. The summed E-state index contributed by atoms with van der Waals surface area (Å²) in [5.41, 5.74) is 2.44. The van der Waals surface area contributed by atoms with E-state index in [-0.39, 0.29) is 6.04 Å². The Balaban J connectivity index is 2.20. The van der Waals surface area contributed by atoms with Gasteiger partial charge in [0.05, 0.1) is 12.2 Å². The van der Waals surface area contributed by atoms with Crippen LogP contribution in [0.1, 0.15) is 44.7 Å². The number of aryl methyl sites for hydroxylation is 1. The van der Waals surface area contributed by atoms with Crippen LogP contribution in [0.3, 0.4) is 0 Å². The van der Waals surface area contributed by atoms with Crippen molar-refractivity contribution in [2.75, 3.05) is 6.54 Å². The Morgan fingerprint density at radius 3 is 2.79 bits per heavy atom. The summed E-state index contributed by atoms with van der Waals surface area (Å²) in [4.78, 5) is 4.39. The fourth-order valence-electron chi connectivity index (χ4n) is 2.13. The molecule has 0 spiro atoms. The molecule has 0 fully saturated rings. The first-order valence-corrected chi connectivity index (χ1v) is 7.03. The van der Waals surface area contributed by atoms with Crippen LogP contribution in [-0.2, 0) is 6.42 Å². The van der Waals surface area contributed by atoms with Crippen molar-refractivity contribution in [3.8, 4) is 11.3 Å². The normalized spacial score (nSPS) is 12.6. The fraction of sp³-hybridized carbons (Fsp3) is 0.438. The van der Waals surface area contributed by atoms with Crippen molar-refractivity contribution < 1.29 is 4.42 Å². The van der Waals surface area contributed by atoms with Gasteiger partial charge in [0, 0.05) is 5.56 Å². The average Bonchev–Trinajstić information content (AvgIpc) is 2.94. The molecule has 0 amide bonds. The van der Waals surface area contributed by atoms with Gasteiger partial charge in [0.2, 0.25) is 5.89 Å². The van der Waals surface area contributed by atoms with Crippen molar-refractivity contribution in [3.05, 3.63) is 41.9 Å². The Hall–Kier alpha value is -1.61. The van der Waals surface area contributed by atoms with Gasteiger partial charge in [0.1, 0.15) is 0 Å². The van der Waals surface area contributed by atoms with Gasteiger partial charge in [-0.3, -0.25) is 0 Å². The number of rotatable bonds is 6. The predicted molar refractivity (Wildman–Crippen MR) is 78.0 cm³/mol. The van der Waals surface area contributed by atoms with Gasteiger partial charge in [0.15, 0.2) is 5.76 Å². The summed E-state index contributed by atoms with van der Waals surface area (Å²) in [7, 11) is 0. The number of aromatic nitrogens is 1. The second-order valence-corrected chi connectivity index (χ2v) is 4.75. The van der Waals surface area contributed by atoms with E-state index in [1.54, 1.807) is 0 Å². The molecule has 0 bridgehead atoms. The van der Waals surface area contributed by atoms with E-state index >= 15 is 0 Å². The zero-order valence-corrected chi connectivity index (χ0v) is 11.9. The van der Waals surface area contributed by atoms with Gasteiger partial charge < -0.3 is 9.73 Å². The Kier molecular flexibility index (Phi) is 4.74. The summed E-state index contributed by atoms with van der Waals surface area (Å²) < 4.78 is 5.90. The molecule has 1 unspecified atom stereocenters. The molecule has 0 radical (unpaired) electrons. The van der Waals surface area contributed by atoms with Crippen LogP contribution < -0.4 is 5.32 Å². The first-order chi connectivity index (χ1) is 9.26. The lowest BCUT2D eigenvalue weighted by Gasteiger charge is -2.08. The third kappa shape index (κ3) is 3.24. The van der Waals surface area contributed by atoms with E-state index in [4.69, 9.17) is 4.42 Å². The molecule has 19 heavy (non-hydrogen) atoms. The van der Waals surface area contributed by atoms with E-state index in [0.717, 1.165) is 36.6 Å². The van der Waals surface area contributed by atoms with Gasteiger partial charge in [-0.05, 0) is 31.9 Å². The van der Waals surface area contributed by atoms with E-state index < -0.39 is 0 Å². The van der Waals surface area contributed by atoms with E-state index in [2.05, 4.69) is 49.3 Å². The quantitative estimate of drug-likeness (QED) is 0.852. The Morgan fingerprint density at radius 2 is 2.05 bits per heavy atom. The van der Waals surface area contributed by atoms with E-state index in [0.29, 0.717) is 0 Å². The number of hydrogen-bond donors (Lipinski definition) is 1. The average molecular weight is 258 g/mol. The Labute approximate surface area is 115 Å². The molecular formula is C16H22N2O. The van der Waals surface area contributed by atoms with Crippen molar-refractivity contribution in [2.24, 2.45) is 0 Å². The van der Waals surface area contributed by atoms with Crippen molar-refractivity contribution in [2.45, 2.75) is 39.7 Å². The van der Waals surface area contributed by atoms with Crippen LogP contribution in [0.4, 0.5) is 0 Å². The van der Waals surface area contributed by atoms with Crippen molar-refractivity contribution in [1.82, 2.24) is 10.3 Å². The second kappa shape index (κ2) is 6.53. The molecule has 0 saturated heterocycles. The molecule has 0 saturated carbocycles. The van der Waals surface area contributed by atoms with Crippen molar-refractivity contribution in [3.63, 3.8) is 0 Å². The minimum absolute atomic E-state index is 0.155. The molecule has 102 valence electrons. The summed E-state index contributed by atoms with van der Waals surface area (Å²) in [5.74, 6) is 1.62. The smallest absolute Gasteiger partial charge is 0.211 e. The molecule has 1 aromatic heterocycles. The number of benzene rings is 1. The van der Waals surface area contributed by atoms with E-state index in [1.807, 2.05) is 12.3 Å². The maximum absolute atomic E-state index is 5.90. The molecular weight excluding hydrogens is 236 g/mol. The molecule has 1 aromatic carbocycles. The zero-order valence-electron chi connectivity index (χ0n) is 11.9. The highest BCUT2D eigenvalue weighted by molar-refractivity contribution is 5.61. The summed E-state index contributed by atoms with van der Waals surface area (Å²) in [6, 6.07) is 8.48. The van der Waals surface area contributed by atoms with Crippen LogP contribution in [0.2, 0.25) is 0 Å². The largest absolute Gasteiger partial charge is 0.439 e. The SMILES string of the molecule is CCCNC(C)c1ncc(-c2ccccc2CC)o1. The highest BCUT2D eigenvalue weighted by Crippen LogP contribution is 2.26. The van der Waals surface area contributed by atoms with Gasteiger partial charge in [-0.1, -0.05) is 38.1 Å². The maximum atomic E-state index is 5.90. The lowest BCUT2D eigenvalue weighted by Crippen LogP contribution is -2.19. The minimum atomic E-state index is 0.155. The molecule has 2 rings (SSSR count). The number of oxazole rings is 1. The van der Waals surface area contributed by atoms with Crippen LogP contribution in [0.15, 0.2) is 34.9 Å². The van der Waals surface area contributed by atoms with Gasteiger partial charge in [-0.25, -0.2) is 4.98 Å². The Morgan fingerprint density at radius 1 is 1.26 bits per heavy atom. The number of nitrogens with zero attached hydrogens (tertiary/aromatic N) is 1. The highest BCUT2D eigenvalue weighted by atomic mass is 16.4. The third-order valence-corrected chi connectivity index (χ3v) is 3.26. The molecule has 1 N–H and O–H groups in total. The van der Waals surface area contributed by atoms with Crippen LogP contribution in [0, 0.1) is 0 Å². The summed E-state index contributed by atoms with van der Waals surface area (Å²) in [6.07, 6.45) is 3.93. The molecule has 3 heteroatoms. The van der Waals surface area contributed by atoms with Gasteiger partial charge >= 0.3 is 0 Å². The first-order valence-electron chi connectivity index (χ1n) is 7.03. The lowest BCUT2D eigenvalue weighted by molar-refractivity contribution is 0.423. The van der Waals surface area contributed by atoms with E-state index in [9.17, 15) is 0 Å². The van der Waals surface area contributed by atoms with E-state index in [1.165, 1.54) is 5.56 Å². The lowest BCUT2D eigenvalue weighted by atomic mass is 10.0. The van der Waals surface area contributed by atoms with Gasteiger partial charge in [-0.2, -0.15) is 0 Å². The molecule has 2 aromatic rings. The van der Waals surface area contributed by atoms with Gasteiger partial charge in [0.25, 0.3) is 0 Å². The summed E-state index contributed by atoms with van der Waals surface area (Å²) >= 11 is 0. The van der Waals surface area contributed by atoms with Crippen LogP contribution >= 0.6 is 0 Å². The maximum Gasteiger partial charge on any atom is 0.211 e. The summed E-state index contributed by atoms with van der Waals surface area (Å²) in [5, 5.41) is 3.39. The monoisotopic (exact) mass is 258 g/mol. The van der Waals surface area contributed by atoms with Gasteiger partial charge in [-0.15, -0.1) is 0 Å². The zero-order chi connectivity index (χ0) is 13.7. The molecule has 0 aliphatic rings.